The van der Waals surface area contributed by atoms with E-state index in [2.05, 4.69) is 9.98 Å². The van der Waals surface area contributed by atoms with Crippen molar-refractivity contribution in [2.75, 3.05) is 6.54 Å². The quantitative estimate of drug-likeness (QED) is 0.484. The molecule has 0 radical (unpaired) electrons. The first kappa shape index (κ1) is 7.78. The molecule has 0 aliphatic heterocycles. The number of nitrogens with zero attached hydrogens (tertiary/aromatic N) is 3. The molecule has 1 aromatic rings. The van der Waals surface area contributed by atoms with Gasteiger partial charge in [0.15, 0.2) is 11.7 Å². The Bertz CT molecular complexity index is 261. The summed E-state index contributed by atoms with van der Waals surface area (Å²) in [6.07, 6.45) is 3.54. The smallest absolute Gasteiger partial charge is 0.174 e. The summed E-state index contributed by atoms with van der Waals surface area (Å²) in [7, 11) is 1.89. The van der Waals surface area contributed by atoms with Gasteiger partial charge in [0.2, 0.25) is 0 Å². The Balaban J connectivity index is 2.92. The van der Waals surface area contributed by atoms with E-state index in [1.54, 1.807) is 6.20 Å². The zero-order valence-corrected chi connectivity index (χ0v) is 6.78. The Morgan fingerprint density at radius 2 is 2.55 bits per heavy atom. The van der Waals surface area contributed by atoms with Crippen LogP contribution in [-0.2, 0) is 7.05 Å². The minimum Gasteiger partial charge on any atom is -0.381 e. The van der Waals surface area contributed by atoms with Crippen molar-refractivity contribution in [3.05, 3.63) is 18.2 Å². The number of rotatable bonds is 2. The zero-order chi connectivity index (χ0) is 8.27. The number of nitrogens with two attached hydrogens (primary N) is 1. The number of hydrogen-bond donors (Lipinski definition) is 1. The minimum atomic E-state index is 0.500. The first-order valence-electron chi connectivity index (χ1n) is 3.53. The molecule has 0 bridgehead atoms. The van der Waals surface area contributed by atoms with Crippen LogP contribution in [0.4, 0.5) is 0 Å². The van der Waals surface area contributed by atoms with Crippen molar-refractivity contribution in [3.63, 3.8) is 0 Å². The molecule has 1 aromatic heterocycles. The van der Waals surface area contributed by atoms with E-state index in [-0.39, 0.29) is 0 Å². The first-order valence-corrected chi connectivity index (χ1v) is 3.53. The average Bonchev–Trinajstić information content (AvgIpc) is 2.36. The summed E-state index contributed by atoms with van der Waals surface area (Å²) in [5.41, 5.74) is 5.62. The van der Waals surface area contributed by atoms with Crippen LogP contribution in [-0.4, -0.2) is 21.9 Å². The molecule has 0 atom stereocenters. The van der Waals surface area contributed by atoms with Gasteiger partial charge in [-0.3, -0.25) is 4.99 Å². The summed E-state index contributed by atoms with van der Waals surface area (Å²) in [5, 5.41) is 0. The molecule has 0 aliphatic carbocycles. The van der Waals surface area contributed by atoms with Crippen molar-refractivity contribution in [2.24, 2.45) is 17.8 Å². The Morgan fingerprint density at radius 1 is 1.82 bits per heavy atom. The molecular weight excluding hydrogens is 140 g/mol. The Hall–Kier alpha value is -1.32. The van der Waals surface area contributed by atoms with Crippen LogP contribution in [0, 0.1) is 0 Å². The molecule has 0 amide bonds. The molecule has 4 nitrogen and oxygen atoms in total. The second-order valence-corrected chi connectivity index (χ2v) is 2.22. The highest BCUT2D eigenvalue weighted by Crippen LogP contribution is 1.92. The van der Waals surface area contributed by atoms with Gasteiger partial charge in [0.05, 0.1) is 0 Å². The number of imidazole rings is 1. The summed E-state index contributed by atoms with van der Waals surface area (Å²) >= 11 is 0. The standard InChI is InChI=1S/C7H12N4/c1-3-9-6(8)7-10-4-5-11(7)2/h4-5H,3H2,1-2H3,(H2,8,9). The van der Waals surface area contributed by atoms with E-state index in [0.717, 1.165) is 5.82 Å². The maximum Gasteiger partial charge on any atom is 0.174 e. The fourth-order valence-electron chi connectivity index (χ4n) is 0.853. The first-order chi connectivity index (χ1) is 5.25. The van der Waals surface area contributed by atoms with Gasteiger partial charge in [-0.15, -0.1) is 0 Å². The fourth-order valence-corrected chi connectivity index (χ4v) is 0.853. The van der Waals surface area contributed by atoms with Gasteiger partial charge >= 0.3 is 0 Å². The maximum atomic E-state index is 5.62. The summed E-state index contributed by atoms with van der Waals surface area (Å²) in [6, 6.07) is 0. The molecule has 60 valence electrons. The lowest BCUT2D eigenvalue weighted by molar-refractivity contribution is 0.891. The van der Waals surface area contributed by atoms with Gasteiger partial charge in [-0.05, 0) is 6.92 Å². The van der Waals surface area contributed by atoms with Crippen LogP contribution in [0.3, 0.4) is 0 Å². The largest absolute Gasteiger partial charge is 0.381 e. The normalized spacial score (nSPS) is 12.0. The van der Waals surface area contributed by atoms with Crippen LogP contribution in [0.15, 0.2) is 17.4 Å². The molecule has 0 fully saturated rings. The number of hydrogen-bond acceptors (Lipinski definition) is 2. The summed E-state index contributed by atoms with van der Waals surface area (Å²) in [6.45, 7) is 2.63. The lowest BCUT2D eigenvalue weighted by Crippen LogP contribution is -2.18. The number of amidine groups is 1. The Morgan fingerprint density at radius 3 is 3.00 bits per heavy atom. The van der Waals surface area contributed by atoms with Crippen molar-refractivity contribution >= 4 is 5.84 Å². The predicted octanol–water partition coefficient (Wildman–Crippen LogP) is 0.145. The van der Waals surface area contributed by atoms with E-state index in [0.29, 0.717) is 12.4 Å². The van der Waals surface area contributed by atoms with E-state index in [9.17, 15) is 0 Å². The van der Waals surface area contributed by atoms with Gasteiger partial charge in [0.25, 0.3) is 0 Å². The minimum absolute atomic E-state index is 0.500. The third-order valence-electron chi connectivity index (χ3n) is 1.38. The molecule has 1 heterocycles. The van der Waals surface area contributed by atoms with Gasteiger partial charge in [-0.25, -0.2) is 4.98 Å². The molecule has 2 N–H and O–H groups in total. The molecule has 1 rings (SSSR count). The number of aliphatic imine (C=N–C) groups is 1. The average molecular weight is 152 g/mol. The van der Waals surface area contributed by atoms with Gasteiger partial charge < -0.3 is 10.3 Å². The predicted molar refractivity (Wildman–Crippen MR) is 44.5 cm³/mol. The summed E-state index contributed by atoms with van der Waals surface area (Å²) < 4.78 is 1.84. The molecular formula is C7H12N4. The van der Waals surface area contributed by atoms with E-state index in [4.69, 9.17) is 5.73 Å². The van der Waals surface area contributed by atoms with Crippen LogP contribution in [0.25, 0.3) is 0 Å². The Kier molecular flexibility index (Phi) is 2.25. The number of aromatic nitrogens is 2. The summed E-state index contributed by atoms with van der Waals surface area (Å²) in [5.74, 6) is 1.23. The van der Waals surface area contributed by atoms with Crippen molar-refractivity contribution in [1.82, 2.24) is 9.55 Å². The van der Waals surface area contributed by atoms with Gasteiger partial charge in [-0.1, -0.05) is 0 Å². The second kappa shape index (κ2) is 3.18. The second-order valence-electron chi connectivity index (χ2n) is 2.22. The lowest BCUT2D eigenvalue weighted by atomic mass is 10.5. The molecule has 0 aromatic carbocycles. The lowest BCUT2D eigenvalue weighted by Gasteiger charge is -1.98. The van der Waals surface area contributed by atoms with E-state index >= 15 is 0 Å². The SMILES string of the molecule is CCN=C(N)c1nccn1C. The van der Waals surface area contributed by atoms with E-state index < -0.39 is 0 Å². The molecule has 0 spiro atoms. The van der Waals surface area contributed by atoms with E-state index in [1.165, 1.54) is 0 Å². The van der Waals surface area contributed by atoms with Crippen LogP contribution in [0.5, 0.6) is 0 Å². The highest BCUT2D eigenvalue weighted by atomic mass is 15.1. The van der Waals surface area contributed by atoms with Crippen LogP contribution in [0.2, 0.25) is 0 Å². The van der Waals surface area contributed by atoms with Crippen LogP contribution < -0.4 is 5.73 Å². The molecule has 0 aliphatic rings. The van der Waals surface area contributed by atoms with Gasteiger partial charge in [0.1, 0.15) is 0 Å². The van der Waals surface area contributed by atoms with Gasteiger partial charge in [-0.2, -0.15) is 0 Å². The van der Waals surface area contributed by atoms with Crippen LogP contribution in [0.1, 0.15) is 12.7 Å². The maximum absolute atomic E-state index is 5.62. The van der Waals surface area contributed by atoms with Crippen molar-refractivity contribution in [2.45, 2.75) is 6.92 Å². The monoisotopic (exact) mass is 152 g/mol. The third kappa shape index (κ3) is 1.58. The highest BCUT2D eigenvalue weighted by molar-refractivity contribution is 5.94. The molecule has 0 saturated heterocycles. The zero-order valence-electron chi connectivity index (χ0n) is 6.78. The third-order valence-corrected chi connectivity index (χ3v) is 1.38. The van der Waals surface area contributed by atoms with Crippen molar-refractivity contribution in [1.29, 1.82) is 0 Å². The molecule has 4 heteroatoms. The Labute approximate surface area is 65.8 Å². The summed E-state index contributed by atoms with van der Waals surface area (Å²) in [4.78, 5) is 8.08. The van der Waals surface area contributed by atoms with Crippen molar-refractivity contribution < 1.29 is 0 Å². The number of aryl methyl sites for hydroxylation is 1. The fraction of sp³-hybridized carbons (Fsp3) is 0.429. The van der Waals surface area contributed by atoms with Crippen molar-refractivity contribution in [3.8, 4) is 0 Å². The van der Waals surface area contributed by atoms with Gasteiger partial charge in [0, 0.05) is 26.0 Å². The van der Waals surface area contributed by atoms with Crippen LogP contribution >= 0.6 is 0 Å². The topological polar surface area (TPSA) is 56.2 Å². The molecule has 0 saturated carbocycles. The molecule has 11 heavy (non-hydrogen) atoms. The highest BCUT2D eigenvalue weighted by Gasteiger charge is 2.01. The molecule has 0 unspecified atom stereocenters. The van der Waals surface area contributed by atoms with E-state index in [1.807, 2.05) is 24.7 Å².